The van der Waals surface area contributed by atoms with E-state index in [1.54, 1.807) is 19.2 Å². The molecule has 6 nitrogen and oxygen atoms in total. The minimum Gasteiger partial charge on any atom is -0.496 e. The zero-order valence-corrected chi connectivity index (χ0v) is 16.5. The number of para-hydroxylation sites is 1. The standard InChI is InChI=1S/C22H26FN3O3/c1-29-20-5-3-2-4-17(20)15-26-13-12-25-22(28)19(26)14-21(27)24-11-10-16-6-8-18(23)9-7-16/h2-9,19H,10-15H2,1H3,(H,24,27)(H,25,28)/t19-/m0/s1. The van der Waals surface area contributed by atoms with Crippen molar-refractivity contribution in [2.45, 2.75) is 25.4 Å². The highest BCUT2D eigenvalue weighted by Gasteiger charge is 2.31. The summed E-state index contributed by atoms with van der Waals surface area (Å²) in [5.74, 6) is 0.163. The molecule has 2 aromatic rings. The van der Waals surface area contributed by atoms with E-state index in [0.717, 1.165) is 16.9 Å². The van der Waals surface area contributed by atoms with Gasteiger partial charge in [-0.05, 0) is 30.2 Å². The van der Waals surface area contributed by atoms with Crippen LogP contribution < -0.4 is 15.4 Å². The summed E-state index contributed by atoms with van der Waals surface area (Å²) in [5, 5.41) is 5.70. The van der Waals surface area contributed by atoms with Crippen LogP contribution in [-0.2, 0) is 22.6 Å². The van der Waals surface area contributed by atoms with Gasteiger partial charge in [0, 0.05) is 31.7 Å². The van der Waals surface area contributed by atoms with Gasteiger partial charge in [0.05, 0.1) is 19.6 Å². The van der Waals surface area contributed by atoms with Crippen LogP contribution in [0, 0.1) is 5.82 Å². The summed E-state index contributed by atoms with van der Waals surface area (Å²) < 4.78 is 18.4. The molecule has 0 spiro atoms. The first-order chi connectivity index (χ1) is 14.1. The second-order valence-electron chi connectivity index (χ2n) is 7.02. The minimum absolute atomic E-state index is 0.0877. The molecular formula is C22H26FN3O3. The van der Waals surface area contributed by atoms with Crippen molar-refractivity contribution in [3.05, 3.63) is 65.5 Å². The predicted octanol–water partition coefficient (Wildman–Crippen LogP) is 1.88. The van der Waals surface area contributed by atoms with E-state index < -0.39 is 6.04 Å². The molecule has 1 atom stereocenters. The first-order valence-corrected chi connectivity index (χ1v) is 9.71. The van der Waals surface area contributed by atoms with Crippen LogP contribution in [0.3, 0.4) is 0 Å². The van der Waals surface area contributed by atoms with Gasteiger partial charge in [-0.25, -0.2) is 4.39 Å². The van der Waals surface area contributed by atoms with E-state index in [2.05, 4.69) is 10.6 Å². The van der Waals surface area contributed by atoms with E-state index in [-0.39, 0.29) is 24.1 Å². The van der Waals surface area contributed by atoms with Gasteiger partial charge in [0.2, 0.25) is 11.8 Å². The maximum absolute atomic E-state index is 13.0. The smallest absolute Gasteiger partial charge is 0.237 e. The first kappa shape index (κ1) is 20.8. The van der Waals surface area contributed by atoms with Gasteiger partial charge in [-0.1, -0.05) is 30.3 Å². The number of carbonyl (C=O) groups is 2. The number of hydrogen-bond acceptors (Lipinski definition) is 4. The van der Waals surface area contributed by atoms with Crippen LogP contribution in [0.4, 0.5) is 4.39 Å². The average molecular weight is 399 g/mol. The van der Waals surface area contributed by atoms with Crippen LogP contribution >= 0.6 is 0 Å². The molecule has 154 valence electrons. The first-order valence-electron chi connectivity index (χ1n) is 9.71. The molecule has 2 aromatic carbocycles. The van der Waals surface area contributed by atoms with Crippen molar-refractivity contribution in [2.24, 2.45) is 0 Å². The fourth-order valence-electron chi connectivity index (χ4n) is 3.47. The maximum atomic E-state index is 13.0. The van der Waals surface area contributed by atoms with Gasteiger partial charge in [0.25, 0.3) is 0 Å². The fraction of sp³-hybridized carbons (Fsp3) is 0.364. The zero-order valence-electron chi connectivity index (χ0n) is 16.5. The van der Waals surface area contributed by atoms with E-state index in [1.165, 1.54) is 12.1 Å². The number of rotatable bonds is 8. The van der Waals surface area contributed by atoms with Gasteiger partial charge in [0.15, 0.2) is 0 Å². The summed E-state index contributed by atoms with van der Waals surface area (Å²) in [4.78, 5) is 26.8. The van der Waals surface area contributed by atoms with Gasteiger partial charge >= 0.3 is 0 Å². The highest BCUT2D eigenvalue weighted by Crippen LogP contribution is 2.22. The lowest BCUT2D eigenvalue weighted by Crippen LogP contribution is -2.56. The minimum atomic E-state index is -0.528. The number of methoxy groups -OCH3 is 1. The molecule has 0 aromatic heterocycles. The molecule has 1 saturated heterocycles. The monoisotopic (exact) mass is 399 g/mol. The highest BCUT2D eigenvalue weighted by molar-refractivity contribution is 5.88. The Labute approximate surface area is 170 Å². The lowest BCUT2D eigenvalue weighted by molar-refractivity contribution is -0.134. The van der Waals surface area contributed by atoms with Gasteiger partial charge in [-0.2, -0.15) is 0 Å². The fourth-order valence-corrected chi connectivity index (χ4v) is 3.47. The Morgan fingerprint density at radius 1 is 1.24 bits per heavy atom. The van der Waals surface area contributed by atoms with Gasteiger partial charge < -0.3 is 15.4 Å². The second-order valence-corrected chi connectivity index (χ2v) is 7.02. The van der Waals surface area contributed by atoms with Crippen molar-refractivity contribution in [3.8, 4) is 5.75 Å². The number of ether oxygens (including phenoxy) is 1. The summed E-state index contributed by atoms with van der Waals surface area (Å²) in [6.07, 6.45) is 0.693. The molecule has 0 aliphatic carbocycles. The van der Waals surface area contributed by atoms with Crippen molar-refractivity contribution in [1.82, 2.24) is 15.5 Å². The molecule has 2 N–H and O–H groups in total. The lowest BCUT2D eigenvalue weighted by atomic mass is 10.1. The lowest BCUT2D eigenvalue weighted by Gasteiger charge is -2.35. The zero-order chi connectivity index (χ0) is 20.6. The van der Waals surface area contributed by atoms with E-state index in [9.17, 15) is 14.0 Å². The molecule has 3 rings (SSSR count). The number of benzene rings is 2. The molecule has 1 aliphatic rings. The Balaban J connectivity index is 1.56. The number of hydrogen-bond donors (Lipinski definition) is 2. The molecule has 0 bridgehead atoms. The molecule has 2 amide bonds. The molecule has 1 heterocycles. The number of nitrogens with one attached hydrogen (secondary N) is 2. The van der Waals surface area contributed by atoms with Crippen LogP contribution in [0.15, 0.2) is 48.5 Å². The Morgan fingerprint density at radius 3 is 2.76 bits per heavy atom. The Morgan fingerprint density at radius 2 is 2.00 bits per heavy atom. The summed E-state index contributed by atoms with van der Waals surface area (Å²) >= 11 is 0. The van der Waals surface area contributed by atoms with E-state index in [4.69, 9.17) is 4.74 Å². The van der Waals surface area contributed by atoms with Crippen LogP contribution in [0.2, 0.25) is 0 Å². The van der Waals surface area contributed by atoms with Crippen molar-refractivity contribution in [1.29, 1.82) is 0 Å². The number of nitrogens with zero attached hydrogens (tertiary/aromatic N) is 1. The van der Waals surface area contributed by atoms with E-state index >= 15 is 0 Å². The van der Waals surface area contributed by atoms with E-state index in [0.29, 0.717) is 32.6 Å². The van der Waals surface area contributed by atoms with Crippen molar-refractivity contribution in [2.75, 3.05) is 26.7 Å². The van der Waals surface area contributed by atoms with Crippen LogP contribution in [0.1, 0.15) is 17.5 Å². The van der Waals surface area contributed by atoms with Crippen LogP contribution in [0.5, 0.6) is 5.75 Å². The average Bonchev–Trinajstić information content (AvgIpc) is 2.72. The molecule has 7 heteroatoms. The Hall–Kier alpha value is -2.93. The number of piperazine rings is 1. The third-order valence-corrected chi connectivity index (χ3v) is 5.04. The third kappa shape index (κ3) is 5.77. The van der Waals surface area contributed by atoms with Gasteiger partial charge in [0.1, 0.15) is 11.6 Å². The third-order valence-electron chi connectivity index (χ3n) is 5.04. The second kappa shape index (κ2) is 10.0. The van der Waals surface area contributed by atoms with Crippen LogP contribution in [-0.4, -0.2) is 49.5 Å². The molecule has 0 radical (unpaired) electrons. The summed E-state index contributed by atoms with van der Waals surface area (Å²) in [7, 11) is 1.62. The molecule has 29 heavy (non-hydrogen) atoms. The van der Waals surface area contributed by atoms with Crippen molar-refractivity contribution in [3.63, 3.8) is 0 Å². The predicted molar refractivity (Wildman–Crippen MR) is 108 cm³/mol. The highest BCUT2D eigenvalue weighted by atomic mass is 19.1. The number of halogens is 1. The maximum Gasteiger partial charge on any atom is 0.237 e. The Bertz CT molecular complexity index is 841. The largest absolute Gasteiger partial charge is 0.496 e. The van der Waals surface area contributed by atoms with Gasteiger partial charge in [-0.3, -0.25) is 14.5 Å². The van der Waals surface area contributed by atoms with Crippen LogP contribution in [0.25, 0.3) is 0 Å². The summed E-state index contributed by atoms with van der Waals surface area (Å²) in [6, 6.07) is 13.4. The topological polar surface area (TPSA) is 70.7 Å². The van der Waals surface area contributed by atoms with Gasteiger partial charge in [-0.15, -0.1) is 0 Å². The Kier molecular flexibility index (Phi) is 7.19. The molecule has 0 unspecified atom stereocenters. The van der Waals surface area contributed by atoms with Crippen molar-refractivity contribution < 1.29 is 18.7 Å². The molecule has 0 saturated carbocycles. The molecule has 1 aliphatic heterocycles. The van der Waals surface area contributed by atoms with E-state index in [1.807, 2.05) is 29.2 Å². The molecule has 1 fully saturated rings. The van der Waals surface area contributed by atoms with Crippen molar-refractivity contribution >= 4 is 11.8 Å². The summed E-state index contributed by atoms with van der Waals surface area (Å²) in [6.45, 7) is 2.18. The number of carbonyl (C=O) groups excluding carboxylic acids is 2. The normalized spacial score (nSPS) is 16.9. The SMILES string of the molecule is COc1ccccc1CN1CCNC(=O)[C@@H]1CC(=O)NCCc1ccc(F)cc1. The molecular weight excluding hydrogens is 373 g/mol. The quantitative estimate of drug-likeness (QED) is 0.711. The number of amides is 2. The summed E-state index contributed by atoms with van der Waals surface area (Å²) in [5.41, 5.74) is 1.92.